The van der Waals surface area contributed by atoms with E-state index >= 15 is 0 Å². The van der Waals surface area contributed by atoms with Gasteiger partial charge in [0.15, 0.2) is 0 Å². The summed E-state index contributed by atoms with van der Waals surface area (Å²) in [7, 11) is -0.916. The Kier molecular flexibility index (Phi) is 6.96. The lowest BCUT2D eigenvalue weighted by atomic mass is 10.2. The average Bonchev–Trinajstić information content (AvgIpc) is 3.27. The molecule has 0 aliphatic rings. The highest BCUT2D eigenvalue weighted by Gasteiger charge is 2.24. The first-order valence-corrected chi connectivity index (χ1v) is 11.6. The molecule has 1 amide bonds. The molecule has 0 aliphatic carbocycles. The Morgan fingerprint density at radius 2 is 1.97 bits per heavy atom. The van der Waals surface area contributed by atoms with Crippen molar-refractivity contribution in [3.63, 3.8) is 0 Å². The number of carbonyl (C=O) groups is 1. The van der Waals surface area contributed by atoms with E-state index < -0.39 is 15.9 Å². The number of benzene rings is 2. The number of carbonyl (C=O) groups excluding carboxylic acids is 1. The standard InChI is InChI=1S/C20H20ClN3O4S2/c1-24(14-3-5-15(28-2)6-4-14)30(26,27)16-7-8-18(21)17(13-16)20(25)23-10-9-19-22-11-12-29-19/h3-8,11-13H,9-10H2,1-2H3,(H,23,25). The van der Waals surface area contributed by atoms with Gasteiger partial charge in [0.1, 0.15) is 5.75 Å². The second kappa shape index (κ2) is 9.46. The van der Waals surface area contributed by atoms with Crippen LogP contribution in [0.15, 0.2) is 58.9 Å². The van der Waals surface area contributed by atoms with Gasteiger partial charge in [-0.05, 0) is 42.5 Å². The predicted molar refractivity (Wildman–Crippen MR) is 118 cm³/mol. The van der Waals surface area contributed by atoms with Crippen LogP contribution in [0.3, 0.4) is 0 Å². The van der Waals surface area contributed by atoms with Crippen LogP contribution in [-0.2, 0) is 16.4 Å². The summed E-state index contributed by atoms with van der Waals surface area (Å²) < 4.78 is 32.3. The minimum atomic E-state index is -3.89. The van der Waals surface area contributed by atoms with E-state index in [9.17, 15) is 13.2 Å². The summed E-state index contributed by atoms with van der Waals surface area (Å²) in [5, 5.41) is 5.69. The third kappa shape index (κ3) is 4.92. The van der Waals surface area contributed by atoms with Gasteiger partial charge < -0.3 is 10.1 Å². The fourth-order valence-corrected chi connectivity index (χ4v) is 4.73. The first-order valence-electron chi connectivity index (χ1n) is 8.92. The number of nitrogens with zero attached hydrogens (tertiary/aromatic N) is 2. The lowest BCUT2D eigenvalue weighted by Gasteiger charge is -2.20. The van der Waals surface area contributed by atoms with Crippen molar-refractivity contribution in [2.45, 2.75) is 11.3 Å². The van der Waals surface area contributed by atoms with E-state index in [0.717, 1.165) is 9.31 Å². The summed E-state index contributed by atoms with van der Waals surface area (Å²) in [6.07, 6.45) is 2.28. The number of ether oxygens (including phenoxy) is 1. The molecule has 0 unspecified atom stereocenters. The van der Waals surface area contributed by atoms with Gasteiger partial charge in [0.05, 0.1) is 33.3 Å². The largest absolute Gasteiger partial charge is 0.497 e. The van der Waals surface area contributed by atoms with Crippen LogP contribution in [0.4, 0.5) is 5.69 Å². The van der Waals surface area contributed by atoms with Gasteiger partial charge in [-0.15, -0.1) is 11.3 Å². The van der Waals surface area contributed by atoms with E-state index in [1.54, 1.807) is 30.5 Å². The lowest BCUT2D eigenvalue weighted by molar-refractivity contribution is 0.0954. The molecule has 1 N–H and O–H groups in total. The molecule has 0 fully saturated rings. The number of nitrogens with one attached hydrogen (secondary N) is 1. The topological polar surface area (TPSA) is 88.6 Å². The zero-order valence-corrected chi connectivity index (χ0v) is 18.7. The van der Waals surface area contributed by atoms with Crippen LogP contribution in [0.5, 0.6) is 5.75 Å². The molecule has 2 aromatic carbocycles. The molecule has 0 aliphatic heterocycles. The smallest absolute Gasteiger partial charge is 0.264 e. The summed E-state index contributed by atoms with van der Waals surface area (Å²) in [6.45, 7) is 0.366. The molecule has 0 atom stereocenters. The maximum absolute atomic E-state index is 13.1. The molecule has 0 saturated carbocycles. The maximum Gasteiger partial charge on any atom is 0.264 e. The van der Waals surface area contributed by atoms with Crippen molar-refractivity contribution in [2.75, 3.05) is 25.0 Å². The molecule has 10 heteroatoms. The fraction of sp³-hybridized carbons (Fsp3) is 0.200. The monoisotopic (exact) mass is 465 g/mol. The summed E-state index contributed by atoms with van der Waals surface area (Å²) in [5.41, 5.74) is 0.556. The van der Waals surface area contributed by atoms with Gasteiger partial charge in [0, 0.05) is 31.6 Å². The Balaban J connectivity index is 1.78. The quantitative estimate of drug-likeness (QED) is 0.549. The summed E-state index contributed by atoms with van der Waals surface area (Å²) in [5.74, 6) is 0.174. The summed E-state index contributed by atoms with van der Waals surface area (Å²) in [6, 6.07) is 10.7. The SMILES string of the molecule is COc1ccc(N(C)S(=O)(=O)c2ccc(Cl)c(C(=O)NCCc3nccs3)c2)cc1. The van der Waals surface area contributed by atoms with E-state index in [2.05, 4.69) is 10.3 Å². The van der Waals surface area contributed by atoms with E-state index in [-0.39, 0.29) is 15.5 Å². The number of hydrogen-bond donors (Lipinski definition) is 1. The van der Waals surface area contributed by atoms with Crippen LogP contribution in [0.1, 0.15) is 15.4 Å². The highest BCUT2D eigenvalue weighted by molar-refractivity contribution is 7.92. The van der Waals surface area contributed by atoms with E-state index in [1.807, 2.05) is 5.38 Å². The highest BCUT2D eigenvalue weighted by atomic mass is 35.5. The molecule has 1 heterocycles. The number of amides is 1. The van der Waals surface area contributed by atoms with Crippen LogP contribution in [-0.4, -0.2) is 40.0 Å². The molecule has 7 nitrogen and oxygen atoms in total. The molecule has 3 aromatic rings. The zero-order valence-electron chi connectivity index (χ0n) is 16.3. The maximum atomic E-state index is 13.1. The van der Waals surface area contributed by atoms with Crippen molar-refractivity contribution in [1.29, 1.82) is 0 Å². The van der Waals surface area contributed by atoms with Gasteiger partial charge in [-0.25, -0.2) is 13.4 Å². The van der Waals surface area contributed by atoms with E-state index in [1.165, 1.54) is 43.7 Å². The van der Waals surface area contributed by atoms with Gasteiger partial charge in [0.2, 0.25) is 0 Å². The molecule has 158 valence electrons. The Morgan fingerprint density at radius 3 is 2.60 bits per heavy atom. The molecule has 0 bridgehead atoms. The first-order chi connectivity index (χ1) is 14.3. The number of rotatable bonds is 8. The van der Waals surface area contributed by atoms with Crippen LogP contribution < -0.4 is 14.4 Å². The van der Waals surface area contributed by atoms with Crippen molar-refractivity contribution in [3.8, 4) is 5.75 Å². The minimum Gasteiger partial charge on any atom is -0.497 e. The average molecular weight is 466 g/mol. The molecular formula is C20H20ClN3O4S2. The predicted octanol–water partition coefficient (Wildman–Crippen LogP) is 3.60. The Bertz CT molecular complexity index is 1120. The number of aromatic nitrogens is 1. The van der Waals surface area contributed by atoms with Crippen LogP contribution in [0, 0.1) is 0 Å². The minimum absolute atomic E-state index is 0.0321. The molecule has 30 heavy (non-hydrogen) atoms. The molecular weight excluding hydrogens is 446 g/mol. The van der Waals surface area contributed by atoms with Crippen molar-refractivity contribution >= 4 is 44.6 Å². The van der Waals surface area contributed by atoms with Crippen molar-refractivity contribution < 1.29 is 17.9 Å². The van der Waals surface area contributed by atoms with E-state index in [4.69, 9.17) is 16.3 Å². The van der Waals surface area contributed by atoms with E-state index in [0.29, 0.717) is 24.4 Å². The summed E-state index contributed by atoms with van der Waals surface area (Å²) >= 11 is 7.66. The van der Waals surface area contributed by atoms with Crippen molar-refractivity contribution in [1.82, 2.24) is 10.3 Å². The number of anilines is 1. The molecule has 3 rings (SSSR count). The third-order valence-corrected chi connectivity index (χ3v) is 7.34. The van der Waals surface area contributed by atoms with Crippen LogP contribution in [0.25, 0.3) is 0 Å². The Morgan fingerprint density at radius 1 is 1.23 bits per heavy atom. The van der Waals surface area contributed by atoms with Crippen LogP contribution >= 0.6 is 22.9 Å². The Hall–Kier alpha value is -2.62. The number of sulfonamides is 1. The normalized spacial score (nSPS) is 11.2. The second-order valence-corrected chi connectivity index (χ2v) is 9.60. The van der Waals surface area contributed by atoms with Gasteiger partial charge in [-0.3, -0.25) is 9.10 Å². The summed E-state index contributed by atoms with van der Waals surface area (Å²) in [4.78, 5) is 16.7. The van der Waals surface area contributed by atoms with Gasteiger partial charge >= 0.3 is 0 Å². The van der Waals surface area contributed by atoms with Crippen LogP contribution in [0.2, 0.25) is 5.02 Å². The number of hydrogen-bond acceptors (Lipinski definition) is 6. The zero-order chi connectivity index (χ0) is 21.7. The molecule has 1 aromatic heterocycles. The lowest BCUT2D eigenvalue weighted by Crippen LogP contribution is -2.28. The first kappa shape index (κ1) is 22.1. The molecule has 0 radical (unpaired) electrons. The van der Waals surface area contributed by atoms with Crippen molar-refractivity contribution in [3.05, 3.63) is 69.6 Å². The third-order valence-electron chi connectivity index (χ3n) is 4.38. The second-order valence-electron chi connectivity index (χ2n) is 6.24. The van der Waals surface area contributed by atoms with Gasteiger partial charge in [0.25, 0.3) is 15.9 Å². The molecule has 0 saturated heterocycles. The Labute approximate surface area is 184 Å². The highest BCUT2D eigenvalue weighted by Crippen LogP contribution is 2.27. The van der Waals surface area contributed by atoms with Crippen molar-refractivity contribution in [2.24, 2.45) is 0 Å². The fourth-order valence-electron chi connectivity index (χ4n) is 2.68. The molecule has 0 spiro atoms. The number of methoxy groups -OCH3 is 1. The number of halogens is 1. The number of thiazole rings is 1. The van der Waals surface area contributed by atoms with Gasteiger partial charge in [-0.2, -0.15) is 0 Å². The van der Waals surface area contributed by atoms with Gasteiger partial charge in [-0.1, -0.05) is 11.6 Å².